The van der Waals surface area contributed by atoms with Crippen LogP contribution in [0.4, 0.5) is 13.6 Å². The fourth-order valence-corrected chi connectivity index (χ4v) is 4.92. The van der Waals surface area contributed by atoms with Crippen LogP contribution in [0.25, 0.3) is 11.3 Å². The predicted octanol–water partition coefficient (Wildman–Crippen LogP) is 4.76. The van der Waals surface area contributed by atoms with Crippen molar-refractivity contribution in [2.24, 2.45) is 5.41 Å². The van der Waals surface area contributed by atoms with E-state index >= 15 is 0 Å². The number of nitrogens with zero attached hydrogens (tertiary/aromatic N) is 3. The Labute approximate surface area is 216 Å². The molecule has 2 heterocycles. The molecule has 0 unspecified atom stereocenters. The first-order valence-electron chi connectivity index (χ1n) is 12.5. The number of benzene rings is 2. The Morgan fingerprint density at radius 1 is 1.22 bits per heavy atom. The average molecular weight is 513 g/mol. The molecule has 1 saturated heterocycles. The van der Waals surface area contributed by atoms with E-state index in [1.807, 2.05) is 34.9 Å². The minimum atomic E-state index is -0.575. The number of aliphatic hydroxyl groups is 1. The zero-order chi connectivity index (χ0) is 26.6. The van der Waals surface area contributed by atoms with Gasteiger partial charge in [0, 0.05) is 38.6 Å². The van der Waals surface area contributed by atoms with Crippen LogP contribution in [0.3, 0.4) is 0 Å². The summed E-state index contributed by atoms with van der Waals surface area (Å²) in [5, 5.41) is 12.3. The molecule has 2 N–H and O–H groups in total. The number of carbonyl (C=O) groups excluding carboxylic acids is 1. The molecule has 0 bridgehead atoms. The van der Waals surface area contributed by atoms with Crippen LogP contribution in [0.15, 0.2) is 54.7 Å². The van der Waals surface area contributed by atoms with Crippen LogP contribution in [0.5, 0.6) is 0 Å². The summed E-state index contributed by atoms with van der Waals surface area (Å²) in [6, 6.07) is 11.8. The summed E-state index contributed by atoms with van der Waals surface area (Å²) in [5.74, 6) is -0.562. The number of nitrogens with one attached hydrogen (secondary N) is 1. The number of hydrogen-bond acceptors (Lipinski definition) is 4. The summed E-state index contributed by atoms with van der Waals surface area (Å²) in [6.07, 6.45) is 3.09. The van der Waals surface area contributed by atoms with Gasteiger partial charge in [0.05, 0.1) is 24.4 Å². The van der Waals surface area contributed by atoms with Crippen LogP contribution < -0.4 is 5.32 Å². The normalized spacial score (nSPS) is 16.7. The average Bonchev–Trinajstić information content (AvgIpc) is 3.28. The van der Waals surface area contributed by atoms with Crippen molar-refractivity contribution in [2.45, 2.75) is 45.3 Å². The fraction of sp³-hybridized carbons (Fsp3) is 0.429. The van der Waals surface area contributed by atoms with E-state index in [1.165, 1.54) is 0 Å². The van der Waals surface area contributed by atoms with Gasteiger partial charge in [-0.2, -0.15) is 0 Å². The molecule has 1 aromatic heterocycles. The van der Waals surface area contributed by atoms with E-state index in [9.17, 15) is 18.7 Å². The molecule has 3 aromatic rings. The highest BCUT2D eigenvalue weighted by Gasteiger charge is 2.44. The van der Waals surface area contributed by atoms with Crippen molar-refractivity contribution in [3.8, 4) is 11.3 Å². The number of hydrogen-bond donors (Lipinski definition) is 2. The van der Waals surface area contributed by atoms with Gasteiger partial charge in [-0.25, -0.2) is 18.6 Å². The van der Waals surface area contributed by atoms with E-state index < -0.39 is 29.1 Å². The first-order chi connectivity index (χ1) is 17.7. The molecule has 0 aliphatic carbocycles. The van der Waals surface area contributed by atoms with Crippen molar-refractivity contribution < 1.29 is 23.4 Å². The third kappa shape index (κ3) is 5.99. The summed E-state index contributed by atoms with van der Waals surface area (Å²) in [4.78, 5) is 19.7. The van der Waals surface area contributed by atoms with Crippen molar-refractivity contribution >= 4 is 6.03 Å². The van der Waals surface area contributed by atoms with Gasteiger partial charge in [0.1, 0.15) is 17.5 Å². The van der Waals surface area contributed by atoms with Crippen LogP contribution in [0.1, 0.15) is 44.1 Å². The van der Waals surface area contributed by atoms with Gasteiger partial charge < -0.3 is 24.6 Å². The molecule has 2 amide bonds. The van der Waals surface area contributed by atoms with Gasteiger partial charge in [-0.1, -0.05) is 37.3 Å². The lowest BCUT2D eigenvalue weighted by molar-refractivity contribution is -0.0197. The zero-order valence-electron chi connectivity index (χ0n) is 21.5. The monoisotopic (exact) mass is 512 g/mol. The molecule has 4 rings (SSSR count). The number of amides is 2. The number of urea groups is 1. The van der Waals surface area contributed by atoms with E-state index in [0.717, 1.165) is 23.8 Å². The first-order valence-corrected chi connectivity index (χ1v) is 12.5. The fourth-order valence-electron chi connectivity index (χ4n) is 4.92. The van der Waals surface area contributed by atoms with E-state index in [0.29, 0.717) is 44.1 Å². The summed E-state index contributed by atoms with van der Waals surface area (Å²) >= 11 is 0. The van der Waals surface area contributed by atoms with Crippen LogP contribution in [0.2, 0.25) is 0 Å². The highest BCUT2D eigenvalue weighted by Crippen LogP contribution is 2.45. The second-order valence-electron chi connectivity index (χ2n) is 10.0. The maximum absolute atomic E-state index is 14.8. The van der Waals surface area contributed by atoms with E-state index in [4.69, 9.17) is 9.72 Å². The number of carbonyl (C=O) groups is 1. The van der Waals surface area contributed by atoms with E-state index in [1.54, 1.807) is 25.1 Å². The highest BCUT2D eigenvalue weighted by atomic mass is 19.1. The smallest absolute Gasteiger partial charge is 0.318 e. The Balaban J connectivity index is 1.85. The summed E-state index contributed by atoms with van der Waals surface area (Å²) in [7, 11) is 1.70. The lowest BCUT2D eigenvalue weighted by atomic mass is 9.74. The molecule has 0 spiro atoms. The van der Waals surface area contributed by atoms with Crippen LogP contribution in [0, 0.1) is 17.0 Å². The van der Waals surface area contributed by atoms with Crippen molar-refractivity contribution in [1.29, 1.82) is 0 Å². The molecule has 0 saturated carbocycles. The Morgan fingerprint density at radius 3 is 2.59 bits per heavy atom. The van der Waals surface area contributed by atoms with Crippen molar-refractivity contribution in [3.05, 3.63) is 77.8 Å². The van der Waals surface area contributed by atoms with Gasteiger partial charge in [-0.05, 0) is 48.9 Å². The lowest BCUT2D eigenvalue weighted by Gasteiger charge is -2.44. The molecule has 7 nitrogen and oxygen atoms in total. The summed E-state index contributed by atoms with van der Waals surface area (Å²) < 4.78 is 36.4. The second-order valence-corrected chi connectivity index (χ2v) is 10.0. The van der Waals surface area contributed by atoms with Crippen molar-refractivity contribution in [3.63, 3.8) is 0 Å². The number of halogens is 2. The van der Waals surface area contributed by atoms with Crippen molar-refractivity contribution in [2.75, 3.05) is 26.9 Å². The van der Waals surface area contributed by atoms with Gasteiger partial charge in [0.2, 0.25) is 0 Å². The second kappa shape index (κ2) is 11.4. The highest BCUT2D eigenvalue weighted by molar-refractivity contribution is 5.75. The predicted molar refractivity (Wildman–Crippen MR) is 137 cm³/mol. The molecule has 9 heteroatoms. The number of imidazole rings is 1. The molecule has 198 valence electrons. The summed E-state index contributed by atoms with van der Waals surface area (Å²) in [5.41, 5.74) is 0.958. The van der Waals surface area contributed by atoms with Gasteiger partial charge in [0.25, 0.3) is 0 Å². The van der Waals surface area contributed by atoms with Crippen molar-refractivity contribution in [1.82, 2.24) is 19.8 Å². The third-order valence-corrected chi connectivity index (χ3v) is 7.10. The Morgan fingerprint density at radius 2 is 1.92 bits per heavy atom. The van der Waals surface area contributed by atoms with Crippen LogP contribution >= 0.6 is 0 Å². The van der Waals surface area contributed by atoms with Gasteiger partial charge in [-0.3, -0.25) is 0 Å². The first kappa shape index (κ1) is 26.8. The Kier molecular flexibility index (Phi) is 8.24. The quantitative estimate of drug-likeness (QED) is 0.456. The lowest BCUT2D eigenvalue weighted by Crippen LogP contribution is -2.50. The number of rotatable bonds is 8. The SMILES string of the molecule is C[C@@H](CO)NC(=O)N(C)[C@@H](c1nc(-c2cc(F)ccc2F)cn1Cc1ccccc1)C1(C)CCOCC1. The number of ether oxygens (including phenoxy) is 1. The maximum atomic E-state index is 14.8. The maximum Gasteiger partial charge on any atom is 0.318 e. The van der Waals surface area contributed by atoms with Gasteiger partial charge in [-0.15, -0.1) is 0 Å². The van der Waals surface area contributed by atoms with E-state index in [-0.39, 0.29) is 18.2 Å². The number of aromatic nitrogens is 2. The number of aliphatic hydroxyl groups excluding tert-OH is 1. The minimum absolute atomic E-state index is 0.0601. The molecule has 2 aromatic carbocycles. The molecule has 0 radical (unpaired) electrons. The van der Waals surface area contributed by atoms with E-state index in [2.05, 4.69) is 12.2 Å². The molecular weight excluding hydrogens is 478 g/mol. The Hall–Kier alpha value is -3.30. The largest absolute Gasteiger partial charge is 0.394 e. The molecule has 1 aliphatic heterocycles. The molecule has 2 atom stereocenters. The topological polar surface area (TPSA) is 79.6 Å². The third-order valence-electron chi connectivity index (χ3n) is 7.10. The minimum Gasteiger partial charge on any atom is -0.394 e. The molecule has 1 fully saturated rings. The van der Waals surface area contributed by atoms with Crippen LogP contribution in [-0.2, 0) is 11.3 Å². The molecular formula is C28H34F2N4O3. The van der Waals surface area contributed by atoms with Gasteiger partial charge >= 0.3 is 6.03 Å². The zero-order valence-corrected chi connectivity index (χ0v) is 21.5. The Bertz CT molecular complexity index is 1210. The summed E-state index contributed by atoms with van der Waals surface area (Å²) in [6.45, 7) is 5.15. The standard InChI is InChI=1S/C28H34F2N4O3/c1-19(18-35)31-27(36)33(3)25(28(2)11-13-37-14-12-28)26-32-24(22-15-21(29)9-10-23(22)30)17-34(26)16-20-7-5-4-6-8-20/h4-10,15,17,19,25,35H,11-14,16,18H2,1-3H3,(H,31,36)/t19-,25-/m0/s1. The molecule has 1 aliphatic rings. The van der Waals surface area contributed by atoms with Gasteiger partial charge in [0.15, 0.2) is 0 Å². The van der Waals surface area contributed by atoms with Crippen LogP contribution in [-0.4, -0.2) is 58.5 Å². The molecule has 37 heavy (non-hydrogen) atoms.